The minimum atomic E-state index is 0.502. The Morgan fingerprint density at radius 3 is 1.64 bits per heavy atom. The van der Waals surface area contributed by atoms with Crippen LogP contribution in [0.25, 0.3) is 21.8 Å². The molecule has 0 atom stereocenters. The normalized spacial score (nSPS) is 10.8. The maximum atomic E-state index is 5.64. The highest BCUT2D eigenvalue weighted by atomic mass is 16.5. The first-order valence-corrected chi connectivity index (χ1v) is 7.58. The third-order valence-electron chi connectivity index (χ3n) is 4.19. The number of aromatic nitrogens is 1. The molecule has 0 saturated heterocycles. The van der Waals surface area contributed by atoms with Crippen LogP contribution < -0.4 is 28.4 Å². The molecule has 0 bridgehead atoms. The van der Waals surface area contributed by atoms with Crippen molar-refractivity contribution in [3.63, 3.8) is 0 Å². The smallest absolute Gasteiger partial charge is 0.204 e. The monoisotopic (exact) mass is 347 g/mol. The summed E-state index contributed by atoms with van der Waals surface area (Å²) in [5, 5.41) is 1.58. The first kappa shape index (κ1) is 16.9. The minimum Gasteiger partial charge on any atom is -0.494 e. The summed E-state index contributed by atoms with van der Waals surface area (Å²) in [6, 6.07) is 3.62. The van der Waals surface area contributed by atoms with Crippen molar-refractivity contribution in [2.24, 2.45) is 0 Å². The number of aromatic amines is 1. The van der Waals surface area contributed by atoms with Crippen LogP contribution in [-0.4, -0.2) is 47.6 Å². The molecule has 7 heteroatoms. The van der Waals surface area contributed by atoms with Gasteiger partial charge in [0.2, 0.25) is 5.75 Å². The molecule has 0 amide bonds. The van der Waals surface area contributed by atoms with Crippen LogP contribution in [0.5, 0.6) is 34.5 Å². The predicted octanol–water partition coefficient (Wildman–Crippen LogP) is 3.37. The van der Waals surface area contributed by atoms with Gasteiger partial charge in [-0.25, -0.2) is 0 Å². The summed E-state index contributed by atoms with van der Waals surface area (Å²) in [4.78, 5) is 3.35. The van der Waals surface area contributed by atoms with Crippen molar-refractivity contribution in [3.8, 4) is 34.5 Å². The lowest BCUT2D eigenvalue weighted by Crippen LogP contribution is -1.96. The van der Waals surface area contributed by atoms with Gasteiger partial charge in [0.25, 0.3) is 0 Å². The predicted molar refractivity (Wildman–Crippen MR) is 95.1 cm³/mol. The fourth-order valence-corrected chi connectivity index (χ4v) is 3.13. The second-order valence-electron chi connectivity index (χ2n) is 5.26. The van der Waals surface area contributed by atoms with Crippen molar-refractivity contribution in [2.45, 2.75) is 0 Å². The zero-order chi connectivity index (χ0) is 18.1. The van der Waals surface area contributed by atoms with Crippen molar-refractivity contribution < 1.29 is 28.4 Å². The molecule has 134 valence electrons. The highest BCUT2D eigenvalue weighted by Gasteiger charge is 2.25. The van der Waals surface area contributed by atoms with E-state index in [0.717, 1.165) is 21.8 Å². The topological polar surface area (TPSA) is 71.2 Å². The number of hydrogen-bond donors (Lipinski definition) is 1. The van der Waals surface area contributed by atoms with Crippen molar-refractivity contribution in [2.75, 3.05) is 42.7 Å². The first-order chi connectivity index (χ1) is 12.1. The van der Waals surface area contributed by atoms with Crippen LogP contribution in [-0.2, 0) is 0 Å². The SMILES string of the molecule is COc1cc2[nH]c3c(OC)cc(OC)c(OC)c3c2c(OC)c1OC. The third kappa shape index (κ3) is 2.34. The van der Waals surface area contributed by atoms with Crippen LogP contribution in [0.15, 0.2) is 12.1 Å². The van der Waals surface area contributed by atoms with E-state index in [9.17, 15) is 0 Å². The zero-order valence-electron chi connectivity index (χ0n) is 15.1. The Labute approximate surface area is 145 Å². The number of methoxy groups -OCH3 is 6. The Kier molecular flexibility index (Phi) is 4.39. The van der Waals surface area contributed by atoms with Gasteiger partial charge in [-0.1, -0.05) is 0 Å². The molecule has 0 aliphatic heterocycles. The van der Waals surface area contributed by atoms with Gasteiger partial charge in [0.1, 0.15) is 5.75 Å². The van der Waals surface area contributed by atoms with E-state index in [4.69, 9.17) is 28.4 Å². The van der Waals surface area contributed by atoms with Gasteiger partial charge < -0.3 is 33.4 Å². The molecule has 0 unspecified atom stereocenters. The van der Waals surface area contributed by atoms with E-state index in [2.05, 4.69) is 4.98 Å². The van der Waals surface area contributed by atoms with Crippen LogP contribution in [0.4, 0.5) is 0 Å². The molecule has 0 spiro atoms. The van der Waals surface area contributed by atoms with Crippen LogP contribution in [0, 0.1) is 0 Å². The van der Waals surface area contributed by atoms with E-state index in [1.807, 2.05) is 6.07 Å². The van der Waals surface area contributed by atoms with Crippen LogP contribution in [0.1, 0.15) is 0 Å². The molecule has 0 fully saturated rings. The number of H-pyrrole nitrogens is 1. The van der Waals surface area contributed by atoms with E-state index in [-0.39, 0.29) is 0 Å². The minimum absolute atomic E-state index is 0.502. The maximum absolute atomic E-state index is 5.64. The Bertz CT molecular complexity index is 931. The van der Waals surface area contributed by atoms with Gasteiger partial charge in [0.05, 0.1) is 64.5 Å². The van der Waals surface area contributed by atoms with E-state index >= 15 is 0 Å². The van der Waals surface area contributed by atoms with Gasteiger partial charge in [-0.15, -0.1) is 0 Å². The van der Waals surface area contributed by atoms with E-state index in [1.54, 1.807) is 48.7 Å². The molecule has 25 heavy (non-hydrogen) atoms. The molecule has 7 nitrogen and oxygen atoms in total. The average molecular weight is 347 g/mol. The highest BCUT2D eigenvalue weighted by Crippen LogP contribution is 2.51. The largest absolute Gasteiger partial charge is 0.494 e. The van der Waals surface area contributed by atoms with Crippen LogP contribution in [0.3, 0.4) is 0 Å². The summed E-state index contributed by atoms with van der Waals surface area (Å²) in [6.07, 6.45) is 0. The molecule has 3 rings (SSSR count). The molecular weight excluding hydrogens is 326 g/mol. The first-order valence-electron chi connectivity index (χ1n) is 7.58. The summed E-state index contributed by atoms with van der Waals surface area (Å²) in [5.41, 5.74) is 1.57. The van der Waals surface area contributed by atoms with Gasteiger partial charge in [-0.2, -0.15) is 0 Å². The lowest BCUT2D eigenvalue weighted by Gasteiger charge is -2.15. The van der Waals surface area contributed by atoms with Crippen molar-refractivity contribution in [1.82, 2.24) is 4.98 Å². The van der Waals surface area contributed by atoms with E-state index in [1.165, 1.54) is 0 Å². The summed E-state index contributed by atoms with van der Waals surface area (Å²) < 4.78 is 33.2. The fourth-order valence-electron chi connectivity index (χ4n) is 3.13. The summed E-state index contributed by atoms with van der Waals surface area (Å²) in [7, 11) is 9.51. The molecule has 1 aromatic heterocycles. The summed E-state index contributed by atoms with van der Waals surface area (Å²) >= 11 is 0. The number of hydrogen-bond acceptors (Lipinski definition) is 6. The number of fused-ring (bicyclic) bond motifs is 3. The Morgan fingerprint density at radius 1 is 0.560 bits per heavy atom. The average Bonchev–Trinajstić information content (AvgIpc) is 3.03. The van der Waals surface area contributed by atoms with Gasteiger partial charge in [-0.05, 0) is 0 Å². The highest BCUT2D eigenvalue weighted by molar-refractivity contribution is 6.17. The second-order valence-corrected chi connectivity index (χ2v) is 5.26. The van der Waals surface area contributed by atoms with Gasteiger partial charge in [-0.3, -0.25) is 0 Å². The fraction of sp³-hybridized carbons (Fsp3) is 0.333. The van der Waals surface area contributed by atoms with Gasteiger partial charge >= 0.3 is 0 Å². The Balaban J connectivity index is 2.59. The molecule has 2 aromatic carbocycles. The molecule has 3 aromatic rings. The molecule has 1 N–H and O–H groups in total. The number of ether oxygens (including phenoxy) is 6. The molecular formula is C18H21NO6. The Hall–Kier alpha value is -2.96. The lowest BCUT2D eigenvalue weighted by atomic mass is 10.1. The number of benzene rings is 2. The standard InChI is InChI=1S/C18H21NO6/c1-20-10-8-12(22-3)16(23-4)14-13-9(19-15(10)14)7-11(21-2)17(24-5)18(13)25-6/h7-8,19H,1-6H3. The van der Waals surface area contributed by atoms with Crippen molar-refractivity contribution in [3.05, 3.63) is 12.1 Å². The second kappa shape index (κ2) is 6.51. The maximum Gasteiger partial charge on any atom is 0.204 e. The lowest BCUT2D eigenvalue weighted by molar-refractivity contribution is 0.327. The molecule has 0 radical (unpaired) electrons. The summed E-state index contributed by atoms with van der Waals surface area (Å²) in [6.45, 7) is 0. The number of rotatable bonds is 6. The zero-order valence-corrected chi connectivity index (χ0v) is 15.1. The van der Waals surface area contributed by atoms with Gasteiger partial charge in [0, 0.05) is 12.1 Å². The van der Waals surface area contributed by atoms with Crippen LogP contribution in [0.2, 0.25) is 0 Å². The molecule has 0 aliphatic rings. The quantitative estimate of drug-likeness (QED) is 0.737. The number of nitrogens with one attached hydrogen (secondary N) is 1. The third-order valence-corrected chi connectivity index (χ3v) is 4.19. The molecule has 0 saturated carbocycles. The van der Waals surface area contributed by atoms with Gasteiger partial charge in [0.15, 0.2) is 23.0 Å². The Morgan fingerprint density at radius 2 is 1.12 bits per heavy atom. The molecule has 1 heterocycles. The van der Waals surface area contributed by atoms with Crippen molar-refractivity contribution >= 4 is 21.8 Å². The van der Waals surface area contributed by atoms with E-state index < -0.39 is 0 Å². The summed E-state index contributed by atoms with van der Waals surface area (Å²) in [5.74, 6) is 3.37. The molecule has 0 aliphatic carbocycles. The van der Waals surface area contributed by atoms with Crippen molar-refractivity contribution in [1.29, 1.82) is 0 Å². The van der Waals surface area contributed by atoms with E-state index in [0.29, 0.717) is 34.5 Å². The van der Waals surface area contributed by atoms with Crippen LogP contribution >= 0.6 is 0 Å².